The lowest BCUT2D eigenvalue weighted by molar-refractivity contribution is 0.670. The molecule has 0 saturated carbocycles. The maximum Gasteiger partial charge on any atom is 0.160 e. The van der Waals surface area contributed by atoms with Gasteiger partial charge in [0.2, 0.25) is 0 Å². The highest BCUT2D eigenvalue weighted by Crippen LogP contribution is 2.47. The van der Waals surface area contributed by atoms with E-state index in [4.69, 9.17) is 39.3 Å². The third kappa shape index (κ3) is 14.1. The summed E-state index contributed by atoms with van der Waals surface area (Å²) in [6.45, 7) is 0. The van der Waals surface area contributed by atoms with Gasteiger partial charge in [0.05, 0.1) is 57.8 Å². The van der Waals surface area contributed by atoms with Gasteiger partial charge in [-0.15, -0.1) is 56.7 Å². The standard InChI is InChI=1S/C31H19N3S.C29H17NOS.C29H17NS2.C26H16N2S/c1-3-9-21(10-4-1)28-24-13-7-8-14-26(24)32-30(34-28)23-16-15-20-17-18-27-29(25(20)19-23)35-31(33-27)22-11-5-2-6-12-22;2*1-2-7-19(8-3-1)29-30-25-16-15-18-13-14-20(17-24(18)28(25)32-29)21-10-6-11-23-22-9-4-5-12-26(22)31-27(21)23;1-2-7-19(8-3-1)26-28-23-13-12-18-10-11-20(16-22(18)25(23)29-26)24-21-9-5-4-6-17(21)14-15-27-24/h1-19H;2*1-17H;1-16H. The minimum Gasteiger partial charge on any atom is -0.455 e. The Morgan fingerprint density at radius 1 is 0.195 bits per heavy atom. The summed E-state index contributed by atoms with van der Waals surface area (Å²) in [6, 6.07) is 144. The van der Waals surface area contributed by atoms with Gasteiger partial charge in [0.25, 0.3) is 0 Å². The van der Waals surface area contributed by atoms with Crippen LogP contribution in [0.15, 0.2) is 423 Å². The zero-order chi connectivity index (χ0) is 84.5. The maximum absolute atomic E-state index is 6.29. The summed E-state index contributed by atoms with van der Waals surface area (Å²) in [7, 11) is 0. The van der Waals surface area contributed by atoms with E-state index in [1.165, 1.54) is 110 Å². The zero-order valence-corrected chi connectivity index (χ0v) is 72.5. The van der Waals surface area contributed by atoms with E-state index < -0.39 is 0 Å². The molecule has 0 bridgehead atoms. The van der Waals surface area contributed by atoms with E-state index in [0.29, 0.717) is 0 Å². The molecular formula is C115H69N7OS5. The quantitative estimate of drug-likeness (QED) is 0.141. The Balaban J connectivity index is 0.0000000952. The van der Waals surface area contributed by atoms with Crippen molar-refractivity contribution in [2.75, 3.05) is 0 Å². The van der Waals surface area contributed by atoms with Crippen LogP contribution in [0, 0.1) is 0 Å². The van der Waals surface area contributed by atoms with Crippen molar-refractivity contribution in [1.82, 2.24) is 34.9 Å². The topological polar surface area (TPSA) is 103 Å². The van der Waals surface area contributed by atoms with Gasteiger partial charge < -0.3 is 4.42 Å². The van der Waals surface area contributed by atoms with E-state index >= 15 is 0 Å². The lowest BCUT2D eigenvalue weighted by atomic mass is 9.99. The predicted octanol–water partition coefficient (Wildman–Crippen LogP) is 33.6. The van der Waals surface area contributed by atoms with Crippen LogP contribution in [0.3, 0.4) is 0 Å². The van der Waals surface area contributed by atoms with Gasteiger partial charge in [0.1, 0.15) is 31.2 Å². The van der Waals surface area contributed by atoms with Crippen LogP contribution in [0.1, 0.15) is 0 Å². The molecule has 19 aromatic carbocycles. The van der Waals surface area contributed by atoms with Crippen molar-refractivity contribution in [2.45, 2.75) is 0 Å². The predicted molar refractivity (Wildman–Crippen MR) is 546 cm³/mol. The smallest absolute Gasteiger partial charge is 0.160 e. The number of para-hydroxylation sites is 3. The molecular weight excluding hydrogens is 1660 g/mol. The molecule has 0 N–H and O–H groups in total. The Bertz CT molecular complexity index is 8700. The Kier molecular flexibility index (Phi) is 19.4. The van der Waals surface area contributed by atoms with E-state index in [2.05, 4.69) is 346 Å². The van der Waals surface area contributed by atoms with Gasteiger partial charge in [-0.3, -0.25) is 4.98 Å². The molecule has 0 aliphatic rings. The van der Waals surface area contributed by atoms with Crippen molar-refractivity contribution in [3.8, 4) is 98.4 Å². The summed E-state index contributed by atoms with van der Waals surface area (Å²) >= 11 is 8.91. The fraction of sp³-hybridized carbons (Fsp3) is 0. The summed E-state index contributed by atoms with van der Waals surface area (Å²) in [5, 5.41) is 22.5. The molecule has 0 amide bonds. The van der Waals surface area contributed by atoms with Crippen LogP contribution in [0.5, 0.6) is 0 Å². The van der Waals surface area contributed by atoms with Crippen LogP contribution < -0.4 is 0 Å². The van der Waals surface area contributed by atoms with Crippen LogP contribution >= 0.6 is 56.7 Å². The van der Waals surface area contributed by atoms with Crippen LogP contribution in [0.4, 0.5) is 0 Å². The van der Waals surface area contributed by atoms with Crippen molar-refractivity contribution in [1.29, 1.82) is 0 Å². The number of hydrogen-bond acceptors (Lipinski definition) is 13. The SMILES string of the molecule is c1ccc(-c2nc3ccc4ccc(-c5cccc6c5oc5ccccc56)cc4c3s2)cc1.c1ccc(-c2nc3ccc4ccc(-c5cccc6c5sc5ccccc56)cc4c3s2)cc1.c1ccc(-c2nc3ccc4ccc(-c5nc(-c6ccccc6)c6ccccc6n5)cc4c3s2)cc1.c1ccc(-c2nc3ccc4ccc(-c5nccc6ccccc56)cc4c3s2)cc1. The van der Waals surface area contributed by atoms with E-state index in [1.807, 2.05) is 84.3 Å². The van der Waals surface area contributed by atoms with E-state index in [1.54, 1.807) is 45.3 Å². The molecule has 13 heteroatoms. The first-order valence-corrected chi connectivity index (χ1v) is 46.5. The van der Waals surface area contributed by atoms with Gasteiger partial charge in [0, 0.05) is 114 Å². The number of rotatable bonds is 9. The Morgan fingerprint density at radius 2 is 0.578 bits per heavy atom. The number of thiophene rings is 1. The Hall–Kier alpha value is -15.5. The van der Waals surface area contributed by atoms with Crippen molar-refractivity contribution in [3.63, 3.8) is 0 Å². The van der Waals surface area contributed by atoms with Crippen LogP contribution in [0.25, 0.3) is 246 Å². The molecule has 600 valence electrons. The second-order valence-corrected chi connectivity index (χ2v) is 36.7. The summed E-state index contributed by atoms with van der Waals surface area (Å²) in [4.78, 5) is 34.4. The van der Waals surface area contributed by atoms with Crippen LogP contribution in [0.2, 0.25) is 0 Å². The average Bonchev–Trinajstić information content (AvgIpc) is 1.51. The lowest BCUT2D eigenvalue weighted by Gasteiger charge is -2.10. The minimum atomic E-state index is 0.731. The van der Waals surface area contributed by atoms with Crippen LogP contribution in [-0.4, -0.2) is 34.9 Å². The van der Waals surface area contributed by atoms with Crippen molar-refractivity contribution < 1.29 is 4.42 Å². The molecule has 128 heavy (non-hydrogen) atoms. The highest BCUT2D eigenvalue weighted by atomic mass is 32.1. The first-order chi connectivity index (χ1) is 63.4. The van der Waals surface area contributed by atoms with Crippen molar-refractivity contribution in [2.24, 2.45) is 0 Å². The number of nitrogens with zero attached hydrogens (tertiary/aromatic N) is 7. The van der Waals surface area contributed by atoms with Gasteiger partial charge in [-0.2, -0.15) is 0 Å². The molecule has 0 aliphatic carbocycles. The first-order valence-electron chi connectivity index (χ1n) is 42.4. The van der Waals surface area contributed by atoms with Gasteiger partial charge >= 0.3 is 0 Å². The number of pyridine rings is 1. The number of furan rings is 1. The second-order valence-electron chi connectivity index (χ2n) is 31.7. The normalized spacial score (nSPS) is 11.6. The fourth-order valence-corrected chi connectivity index (χ4v) is 23.2. The summed E-state index contributed by atoms with van der Waals surface area (Å²) < 4.78 is 13.9. The third-order valence-corrected chi connectivity index (χ3v) is 29.7. The zero-order valence-electron chi connectivity index (χ0n) is 68.4. The second kappa shape index (κ2) is 32.6. The molecule has 0 atom stereocenters. The first kappa shape index (κ1) is 76.2. The molecule has 8 heterocycles. The van der Waals surface area contributed by atoms with Crippen LogP contribution in [-0.2, 0) is 0 Å². The van der Waals surface area contributed by atoms with E-state index in [0.717, 1.165) is 137 Å². The lowest BCUT2D eigenvalue weighted by Crippen LogP contribution is -1.95. The summed E-state index contributed by atoms with van der Waals surface area (Å²) in [6.07, 6.45) is 1.89. The number of thiazole rings is 4. The van der Waals surface area contributed by atoms with Crippen molar-refractivity contribution in [3.05, 3.63) is 419 Å². The number of hydrogen-bond donors (Lipinski definition) is 0. The van der Waals surface area contributed by atoms with Gasteiger partial charge in [0.15, 0.2) is 5.82 Å². The Morgan fingerprint density at radius 3 is 1.11 bits per heavy atom. The fourth-order valence-electron chi connectivity index (χ4n) is 17.6. The van der Waals surface area contributed by atoms with Gasteiger partial charge in [-0.1, -0.05) is 340 Å². The molecule has 0 radical (unpaired) electrons. The number of fused-ring (bicyclic) bond motifs is 20. The molecule has 0 fully saturated rings. The largest absolute Gasteiger partial charge is 0.455 e. The van der Waals surface area contributed by atoms with Gasteiger partial charge in [-0.25, -0.2) is 29.9 Å². The minimum absolute atomic E-state index is 0.731. The molecule has 0 spiro atoms. The van der Waals surface area contributed by atoms with Crippen molar-refractivity contribution >= 4 is 204 Å². The molecule has 27 rings (SSSR count). The number of aromatic nitrogens is 7. The molecule has 0 saturated heterocycles. The molecule has 0 aliphatic heterocycles. The third-order valence-electron chi connectivity index (χ3n) is 23.9. The summed E-state index contributed by atoms with van der Waals surface area (Å²) in [5.41, 5.74) is 21.7. The van der Waals surface area contributed by atoms with E-state index in [-0.39, 0.29) is 0 Å². The maximum atomic E-state index is 6.29. The highest BCUT2D eigenvalue weighted by molar-refractivity contribution is 7.26. The summed E-state index contributed by atoms with van der Waals surface area (Å²) in [5.74, 6) is 0.731. The number of benzene rings is 19. The monoisotopic (exact) mass is 1720 g/mol. The molecule has 8 nitrogen and oxygen atoms in total. The molecule has 0 unspecified atom stereocenters. The average molecular weight is 1730 g/mol. The van der Waals surface area contributed by atoms with Gasteiger partial charge in [-0.05, 0) is 116 Å². The molecule has 27 aromatic rings. The Labute approximate surface area is 754 Å². The molecule has 8 aromatic heterocycles. The van der Waals surface area contributed by atoms with E-state index in [9.17, 15) is 0 Å². The highest BCUT2D eigenvalue weighted by Gasteiger charge is 2.21.